The summed E-state index contributed by atoms with van der Waals surface area (Å²) < 4.78 is 0. The molecule has 0 amide bonds. The normalized spacial score (nSPS) is 21.9. The van der Waals surface area contributed by atoms with Gasteiger partial charge in [0.1, 0.15) is 11.5 Å². The first-order chi connectivity index (χ1) is 9.69. The van der Waals surface area contributed by atoms with Crippen molar-refractivity contribution in [3.63, 3.8) is 0 Å². The molecule has 1 aromatic rings. The second-order valence-corrected chi connectivity index (χ2v) is 6.20. The summed E-state index contributed by atoms with van der Waals surface area (Å²) in [6.45, 7) is 2.06. The number of piperidine rings is 1. The topological polar surface area (TPSA) is 78.9 Å². The predicted octanol–water partition coefficient (Wildman–Crippen LogP) is 2.31. The number of rotatable bonds is 2. The Morgan fingerprint density at radius 3 is 2.50 bits per heavy atom. The molecule has 0 atom stereocenters. The van der Waals surface area contributed by atoms with E-state index in [4.69, 9.17) is 11.1 Å². The molecule has 2 aliphatic rings. The molecule has 1 aliphatic carbocycles. The summed E-state index contributed by atoms with van der Waals surface area (Å²) in [5.41, 5.74) is 6.61. The van der Waals surface area contributed by atoms with Crippen molar-refractivity contribution in [1.82, 2.24) is 9.97 Å². The molecule has 2 heterocycles. The standard InChI is InChI=1S/C15H23N5/c16-13(17)12-4-9-18-14(19-12)20-10-7-15(8-11-20)5-2-1-3-6-15/h4,9H,1-3,5-8,10-11H2,(H3,16,17). The molecule has 3 N–H and O–H groups in total. The second-order valence-electron chi connectivity index (χ2n) is 6.20. The molecule has 5 heteroatoms. The summed E-state index contributed by atoms with van der Waals surface area (Å²) >= 11 is 0. The highest BCUT2D eigenvalue weighted by atomic mass is 15.3. The lowest BCUT2D eigenvalue weighted by Crippen LogP contribution is -2.42. The Morgan fingerprint density at radius 1 is 1.15 bits per heavy atom. The van der Waals surface area contributed by atoms with Crippen molar-refractivity contribution in [2.75, 3.05) is 18.0 Å². The second kappa shape index (κ2) is 5.38. The monoisotopic (exact) mass is 273 g/mol. The molecule has 3 rings (SSSR count). The van der Waals surface area contributed by atoms with E-state index in [2.05, 4.69) is 14.9 Å². The summed E-state index contributed by atoms with van der Waals surface area (Å²) in [5.74, 6) is 0.734. The Morgan fingerprint density at radius 2 is 1.85 bits per heavy atom. The van der Waals surface area contributed by atoms with Crippen LogP contribution in [-0.4, -0.2) is 28.9 Å². The molecule has 5 nitrogen and oxygen atoms in total. The van der Waals surface area contributed by atoms with Crippen LogP contribution >= 0.6 is 0 Å². The zero-order valence-electron chi connectivity index (χ0n) is 11.9. The number of nitrogen functional groups attached to an aromatic ring is 1. The third-order valence-electron chi connectivity index (χ3n) is 4.94. The molecule has 1 aliphatic heterocycles. The van der Waals surface area contributed by atoms with E-state index >= 15 is 0 Å². The zero-order chi connectivity index (χ0) is 14.0. The number of hydrogen-bond acceptors (Lipinski definition) is 4. The molecule has 0 unspecified atom stereocenters. The summed E-state index contributed by atoms with van der Waals surface area (Å²) in [5, 5.41) is 7.47. The fourth-order valence-corrected chi connectivity index (χ4v) is 3.63. The van der Waals surface area contributed by atoms with E-state index in [-0.39, 0.29) is 5.84 Å². The third kappa shape index (κ3) is 2.62. The van der Waals surface area contributed by atoms with Crippen LogP contribution in [0.1, 0.15) is 50.6 Å². The Bertz CT molecular complexity index is 483. The molecule has 1 spiro atoms. The van der Waals surface area contributed by atoms with Crippen LogP contribution in [0.5, 0.6) is 0 Å². The average molecular weight is 273 g/mol. The summed E-state index contributed by atoms with van der Waals surface area (Å²) in [7, 11) is 0. The number of nitrogens with two attached hydrogens (primary N) is 1. The average Bonchev–Trinajstić information content (AvgIpc) is 2.49. The largest absolute Gasteiger partial charge is 0.382 e. The quantitative estimate of drug-likeness (QED) is 0.640. The predicted molar refractivity (Wildman–Crippen MR) is 80.0 cm³/mol. The molecule has 0 bridgehead atoms. The molecule has 108 valence electrons. The molecule has 0 radical (unpaired) electrons. The van der Waals surface area contributed by atoms with Crippen LogP contribution < -0.4 is 10.6 Å². The highest BCUT2D eigenvalue weighted by Gasteiger charge is 2.36. The van der Waals surface area contributed by atoms with E-state index < -0.39 is 0 Å². The minimum Gasteiger partial charge on any atom is -0.382 e. The lowest BCUT2D eigenvalue weighted by Gasteiger charge is -2.44. The first-order valence-electron chi connectivity index (χ1n) is 7.61. The van der Waals surface area contributed by atoms with Crippen LogP contribution in [0.3, 0.4) is 0 Å². The number of hydrogen-bond donors (Lipinski definition) is 2. The van der Waals surface area contributed by atoms with Crippen molar-refractivity contribution in [3.8, 4) is 0 Å². The van der Waals surface area contributed by atoms with Crippen molar-refractivity contribution in [3.05, 3.63) is 18.0 Å². The fourth-order valence-electron chi connectivity index (χ4n) is 3.63. The van der Waals surface area contributed by atoms with Gasteiger partial charge in [-0.2, -0.15) is 0 Å². The van der Waals surface area contributed by atoms with Crippen molar-refractivity contribution >= 4 is 11.8 Å². The molecule has 20 heavy (non-hydrogen) atoms. The van der Waals surface area contributed by atoms with Gasteiger partial charge in [-0.05, 0) is 37.2 Å². The van der Waals surface area contributed by atoms with E-state index in [1.165, 1.54) is 44.9 Å². The Kier molecular flexibility index (Phi) is 3.59. The Hall–Kier alpha value is -1.65. The fraction of sp³-hybridized carbons (Fsp3) is 0.667. The SMILES string of the molecule is N=C(N)c1ccnc(N2CCC3(CCCCC3)CC2)n1. The summed E-state index contributed by atoms with van der Waals surface area (Å²) in [6, 6.07) is 1.69. The number of nitrogens with zero attached hydrogens (tertiary/aromatic N) is 3. The van der Waals surface area contributed by atoms with Gasteiger partial charge in [0.2, 0.25) is 5.95 Å². The van der Waals surface area contributed by atoms with E-state index in [1.54, 1.807) is 12.3 Å². The number of nitrogens with one attached hydrogen (secondary N) is 1. The van der Waals surface area contributed by atoms with Gasteiger partial charge >= 0.3 is 0 Å². The molecule has 0 aromatic carbocycles. The van der Waals surface area contributed by atoms with Crippen LogP contribution in [0.2, 0.25) is 0 Å². The maximum Gasteiger partial charge on any atom is 0.225 e. The van der Waals surface area contributed by atoms with Crippen LogP contribution in [0, 0.1) is 10.8 Å². The maximum atomic E-state index is 7.47. The Labute approximate surface area is 120 Å². The van der Waals surface area contributed by atoms with Gasteiger partial charge < -0.3 is 10.6 Å². The number of amidine groups is 1. The lowest BCUT2D eigenvalue weighted by atomic mass is 9.68. The van der Waals surface area contributed by atoms with Gasteiger partial charge in [0.15, 0.2) is 0 Å². The van der Waals surface area contributed by atoms with Crippen LogP contribution in [0.4, 0.5) is 5.95 Å². The van der Waals surface area contributed by atoms with Crippen LogP contribution in [0.15, 0.2) is 12.3 Å². The van der Waals surface area contributed by atoms with Crippen LogP contribution in [-0.2, 0) is 0 Å². The van der Waals surface area contributed by atoms with E-state index in [9.17, 15) is 0 Å². The maximum absolute atomic E-state index is 7.47. The van der Waals surface area contributed by atoms with Crippen molar-refractivity contribution in [1.29, 1.82) is 5.41 Å². The van der Waals surface area contributed by atoms with Gasteiger partial charge in [0, 0.05) is 19.3 Å². The van der Waals surface area contributed by atoms with Gasteiger partial charge in [-0.25, -0.2) is 9.97 Å². The van der Waals surface area contributed by atoms with E-state index in [0.29, 0.717) is 11.1 Å². The molecule has 2 fully saturated rings. The zero-order valence-corrected chi connectivity index (χ0v) is 11.9. The van der Waals surface area contributed by atoms with Gasteiger partial charge in [-0.1, -0.05) is 19.3 Å². The number of anilines is 1. The van der Waals surface area contributed by atoms with Gasteiger partial charge in [0.25, 0.3) is 0 Å². The molecular formula is C15H23N5. The molecule has 1 aromatic heterocycles. The smallest absolute Gasteiger partial charge is 0.225 e. The molecule has 1 saturated carbocycles. The van der Waals surface area contributed by atoms with Crippen molar-refractivity contribution in [2.45, 2.75) is 44.9 Å². The first kappa shape index (κ1) is 13.3. The van der Waals surface area contributed by atoms with E-state index in [0.717, 1.165) is 19.0 Å². The first-order valence-corrected chi connectivity index (χ1v) is 7.61. The molecule has 1 saturated heterocycles. The van der Waals surface area contributed by atoms with Crippen molar-refractivity contribution < 1.29 is 0 Å². The van der Waals surface area contributed by atoms with E-state index in [1.807, 2.05) is 0 Å². The highest BCUT2D eigenvalue weighted by Crippen LogP contribution is 2.44. The minimum absolute atomic E-state index is 0.00871. The van der Waals surface area contributed by atoms with Gasteiger partial charge in [0.05, 0.1) is 0 Å². The number of aromatic nitrogens is 2. The third-order valence-corrected chi connectivity index (χ3v) is 4.94. The highest BCUT2D eigenvalue weighted by molar-refractivity contribution is 5.93. The lowest BCUT2D eigenvalue weighted by molar-refractivity contribution is 0.144. The van der Waals surface area contributed by atoms with Gasteiger partial charge in [-0.15, -0.1) is 0 Å². The van der Waals surface area contributed by atoms with Gasteiger partial charge in [-0.3, -0.25) is 5.41 Å². The summed E-state index contributed by atoms with van der Waals surface area (Å²) in [6.07, 6.45) is 11.2. The van der Waals surface area contributed by atoms with Crippen LogP contribution in [0.25, 0.3) is 0 Å². The van der Waals surface area contributed by atoms with Crippen molar-refractivity contribution in [2.24, 2.45) is 11.1 Å². The minimum atomic E-state index is 0.00871. The summed E-state index contributed by atoms with van der Waals surface area (Å²) in [4.78, 5) is 11.0. The Balaban J connectivity index is 1.68. The molecular weight excluding hydrogens is 250 g/mol.